The fourth-order valence-corrected chi connectivity index (χ4v) is 6.80. The molecular weight excluding hydrogens is 394 g/mol. The van der Waals surface area contributed by atoms with Gasteiger partial charge in [0.2, 0.25) is 0 Å². The van der Waals surface area contributed by atoms with Crippen molar-refractivity contribution in [3.63, 3.8) is 0 Å². The second-order valence-corrected chi connectivity index (χ2v) is 10.2. The lowest BCUT2D eigenvalue weighted by Gasteiger charge is -2.57. The summed E-state index contributed by atoms with van der Waals surface area (Å²) in [5, 5.41) is 3.63. The van der Waals surface area contributed by atoms with Gasteiger partial charge in [0.05, 0.1) is 0 Å². The molecule has 4 aliphatic carbocycles. The molecule has 1 atom stereocenters. The largest absolute Gasteiger partial charge is 0.481 e. The van der Waals surface area contributed by atoms with Crippen molar-refractivity contribution < 1.29 is 9.53 Å². The normalized spacial score (nSPS) is 30.1. The molecule has 1 N–H and O–H groups in total. The third kappa shape index (κ3) is 3.85. The number of hydrogen-bond donors (Lipinski definition) is 1. The molecule has 4 aliphatic rings. The van der Waals surface area contributed by atoms with E-state index in [1.54, 1.807) is 12.1 Å². The first kappa shape index (κ1) is 19.9. The van der Waals surface area contributed by atoms with Gasteiger partial charge in [-0.05, 0) is 104 Å². The zero-order chi connectivity index (χ0) is 20.7. The minimum absolute atomic E-state index is 0.125. The molecule has 0 radical (unpaired) electrons. The number of halogens is 1. The number of rotatable bonds is 6. The van der Waals surface area contributed by atoms with E-state index in [-0.39, 0.29) is 5.91 Å². The van der Waals surface area contributed by atoms with Crippen LogP contribution in [0.4, 0.5) is 5.69 Å². The smallest absolute Gasteiger partial charge is 0.265 e. The monoisotopic (exact) mass is 423 g/mol. The molecular formula is C26H30ClNO2. The third-order valence-electron chi connectivity index (χ3n) is 7.54. The van der Waals surface area contributed by atoms with E-state index in [4.69, 9.17) is 16.3 Å². The average Bonchev–Trinajstić information content (AvgIpc) is 2.71. The number of hydrogen-bond acceptors (Lipinski definition) is 2. The van der Waals surface area contributed by atoms with E-state index in [1.807, 2.05) is 19.1 Å². The lowest BCUT2D eigenvalue weighted by atomic mass is 9.48. The van der Waals surface area contributed by atoms with Crippen LogP contribution in [0.25, 0.3) is 0 Å². The van der Waals surface area contributed by atoms with Gasteiger partial charge in [0.25, 0.3) is 5.91 Å². The maximum atomic E-state index is 12.8. The zero-order valence-corrected chi connectivity index (χ0v) is 18.3. The number of benzene rings is 2. The minimum Gasteiger partial charge on any atom is -0.481 e. The van der Waals surface area contributed by atoms with Crippen LogP contribution < -0.4 is 10.1 Å². The Balaban J connectivity index is 1.26. The molecule has 0 spiro atoms. The zero-order valence-electron chi connectivity index (χ0n) is 17.6. The van der Waals surface area contributed by atoms with Crippen LogP contribution in [0.3, 0.4) is 0 Å². The van der Waals surface area contributed by atoms with Gasteiger partial charge >= 0.3 is 0 Å². The number of ether oxygens (including phenoxy) is 1. The Bertz CT molecular complexity index is 888. The van der Waals surface area contributed by atoms with E-state index >= 15 is 0 Å². The number of anilines is 1. The van der Waals surface area contributed by atoms with Crippen LogP contribution in [0.1, 0.15) is 57.4 Å². The Morgan fingerprint density at radius 1 is 1.07 bits per heavy atom. The average molecular weight is 424 g/mol. The molecule has 158 valence electrons. The summed E-state index contributed by atoms with van der Waals surface area (Å²) in [7, 11) is 0. The molecule has 4 heteroatoms. The molecule has 4 bridgehead atoms. The minimum atomic E-state index is -0.550. The van der Waals surface area contributed by atoms with Crippen LogP contribution in [0.5, 0.6) is 5.75 Å². The van der Waals surface area contributed by atoms with Gasteiger partial charge in [0.1, 0.15) is 5.75 Å². The van der Waals surface area contributed by atoms with Gasteiger partial charge in [-0.25, -0.2) is 0 Å². The van der Waals surface area contributed by atoms with Crippen LogP contribution in [-0.2, 0) is 10.2 Å². The lowest BCUT2D eigenvalue weighted by molar-refractivity contribution is -0.122. The van der Waals surface area contributed by atoms with Crippen LogP contribution in [-0.4, -0.2) is 12.0 Å². The van der Waals surface area contributed by atoms with Crippen molar-refractivity contribution in [2.45, 2.75) is 63.4 Å². The molecule has 0 aliphatic heterocycles. The summed E-state index contributed by atoms with van der Waals surface area (Å²) < 4.78 is 5.87. The van der Waals surface area contributed by atoms with Crippen molar-refractivity contribution in [3.8, 4) is 5.75 Å². The molecule has 4 fully saturated rings. The van der Waals surface area contributed by atoms with Gasteiger partial charge in [0.15, 0.2) is 6.10 Å². The molecule has 1 amide bonds. The van der Waals surface area contributed by atoms with Gasteiger partial charge in [-0.1, -0.05) is 36.7 Å². The molecule has 30 heavy (non-hydrogen) atoms. The SMILES string of the molecule is CC[C@@H](Oc1cccc(Cl)c1)C(=O)Nc1ccc(C23CC4CC(CC(C4)C2)C3)cc1. The highest BCUT2D eigenvalue weighted by Crippen LogP contribution is 2.60. The summed E-state index contributed by atoms with van der Waals surface area (Å²) in [6.45, 7) is 1.95. The van der Waals surface area contributed by atoms with Crippen LogP contribution in [0, 0.1) is 17.8 Å². The van der Waals surface area contributed by atoms with E-state index in [2.05, 4.69) is 29.6 Å². The Morgan fingerprint density at radius 2 is 1.70 bits per heavy atom. The van der Waals surface area contributed by atoms with Crippen LogP contribution >= 0.6 is 11.6 Å². The molecule has 0 aromatic heterocycles. The molecule has 3 nitrogen and oxygen atoms in total. The van der Waals surface area contributed by atoms with Gasteiger partial charge < -0.3 is 10.1 Å². The van der Waals surface area contributed by atoms with E-state index in [0.29, 0.717) is 22.6 Å². The topological polar surface area (TPSA) is 38.3 Å². The van der Waals surface area contributed by atoms with E-state index in [1.165, 1.54) is 44.1 Å². The summed E-state index contributed by atoms with van der Waals surface area (Å²) in [5.74, 6) is 3.29. The molecule has 4 saturated carbocycles. The number of carbonyl (C=O) groups is 1. The van der Waals surface area contributed by atoms with Crippen molar-refractivity contribution in [2.75, 3.05) is 5.32 Å². The van der Waals surface area contributed by atoms with Gasteiger partial charge in [0, 0.05) is 10.7 Å². The first-order chi connectivity index (χ1) is 14.5. The van der Waals surface area contributed by atoms with Gasteiger partial charge in [-0.2, -0.15) is 0 Å². The van der Waals surface area contributed by atoms with E-state index < -0.39 is 6.10 Å². The molecule has 0 heterocycles. The van der Waals surface area contributed by atoms with E-state index in [0.717, 1.165) is 23.4 Å². The predicted molar refractivity (Wildman–Crippen MR) is 121 cm³/mol. The van der Waals surface area contributed by atoms with Crippen molar-refractivity contribution in [3.05, 3.63) is 59.1 Å². The second kappa shape index (κ2) is 7.92. The van der Waals surface area contributed by atoms with Crippen molar-refractivity contribution in [1.82, 2.24) is 0 Å². The number of nitrogens with one attached hydrogen (secondary N) is 1. The maximum Gasteiger partial charge on any atom is 0.265 e. The number of carbonyl (C=O) groups excluding carboxylic acids is 1. The Kier molecular flexibility index (Phi) is 5.26. The summed E-state index contributed by atoms with van der Waals surface area (Å²) >= 11 is 6.03. The van der Waals surface area contributed by atoms with Gasteiger partial charge in [-0.15, -0.1) is 0 Å². The molecule has 2 aromatic carbocycles. The summed E-state index contributed by atoms with van der Waals surface area (Å²) in [6, 6.07) is 15.8. The Labute approximate surface area is 184 Å². The lowest BCUT2D eigenvalue weighted by Crippen LogP contribution is -2.48. The molecule has 0 saturated heterocycles. The summed E-state index contributed by atoms with van der Waals surface area (Å²) in [6.07, 6.45) is 8.48. The molecule has 0 unspecified atom stereocenters. The highest BCUT2D eigenvalue weighted by atomic mass is 35.5. The maximum absolute atomic E-state index is 12.8. The molecule has 6 rings (SSSR count). The summed E-state index contributed by atoms with van der Waals surface area (Å²) in [5.41, 5.74) is 2.70. The number of amides is 1. The highest BCUT2D eigenvalue weighted by molar-refractivity contribution is 6.30. The van der Waals surface area contributed by atoms with Crippen LogP contribution in [0.2, 0.25) is 5.02 Å². The van der Waals surface area contributed by atoms with E-state index in [9.17, 15) is 4.79 Å². The fourth-order valence-electron chi connectivity index (χ4n) is 6.62. The molecule has 2 aromatic rings. The fraction of sp³-hybridized carbons (Fsp3) is 0.500. The Morgan fingerprint density at radius 3 is 2.27 bits per heavy atom. The predicted octanol–water partition coefficient (Wildman–Crippen LogP) is 6.60. The summed E-state index contributed by atoms with van der Waals surface area (Å²) in [4.78, 5) is 12.8. The second-order valence-electron chi connectivity index (χ2n) is 9.74. The highest BCUT2D eigenvalue weighted by Gasteiger charge is 2.51. The van der Waals surface area contributed by atoms with Crippen LogP contribution in [0.15, 0.2) is 48.5 Å². The van der Waals surface area contributed by atoms with Crippen molar-refractivity contribution in [2.24, 2.45) is 17.8 Å². The Hall–Kier alpha value is -2.00. The first-order valence-electron chi connectivity index (χ1n) is 11.4. The van der Waals surface area contributed by atoms with Gasteiger partial charge in [-0.3, -0.25) is 4.79 Å². The standard InChI is InChI=1S/C26H30ClNO2/c1-2-24(30-23-5-3-4-21(27)13-23)25(29)28-22-8-6-20(7-9-22)26-14-17-10-18(15-26)12-19(11-17)16-26/h3-9,13,17-19,24H,2,10-12,14-16H2,1H3,(H,28,29)/t17?,18?,19?,24-,26?/m1/s1. The first-order valence-corrected chi connectivity index (χ1v) is 11.7. The third-order valence-corrected chi connectivity index (χ3v) is 7.78. The van der Waals surface area contributed by atoms with Crippen molar-refractivity contribution >= 4 is 23.2 Å². The van der Waals surface area contributed by atoms with Crippen molar-refractivity contribution in [1.29, 1.82) is 0 Å². The quantitative estimate of drug-likeness (QED) is 0.568.